The summed E-state index contributed by atoms with van der Waals surface area (Å²) in [5.74, 6) is -0.955. The van der Waals surface area contributed by atoms with Gasteiger partial charge < -0.3 is 9.67 Å². The lowest BCUT2D eigenvalue weighted by molar-refractivity contribution is 0.0685. The Morgan fingerprint density at radius 1 is 1.40 bits per heavy atom. The standard InChI is InChI=1S/C11H10N2O2/c14-11(15)10-6-12-8-13(10)7-9-4-2-1-3-5-9/h1-6,8H,7H2,(H,14,15)/i8+2. The van der Waals surface area contributed by atoms with Crippen LogP contribution in [-0.4, -0.2) is 20.6 Å². The van der Waals surface area contributed by atoms with Crippen LogP contribution in [0.5, 0.6) is 0 Å². The zero-order valence-electron chi connectivity index (χ0n) is 8.00. The number of carboxylic acids is 1. The van der Waals surface area contributed by atoms with Gasteiger partial charge >= 0.3 is 5.97 Å². The molecular weight excluding hydrogens is 194 g/mol. The van der Waals surface area contributed by atoms with Gasteiger partial charge in [0.2, 0.25) is 0 Å². The van der Waals surface area contributed by atoms with Gasteiger partial charge in [0.25, 0.3) is 0 Å². The Balaban J connectivity index is 2.25. The summed E-state index contributed by atoms with van der Waals surface area (Å²) in [7, 11) is 0. The molecular formula is C11H10N2O2. The Hall–Kier alpha value is -2.10. The molecule has 0 saturated carbocycles. The number of benzene rings is 1. The van der Waals surface area contributed by atoms with Crippen molar-refractivity contribution in [2.75, 3.05) is 0 Å². The molecule has 0 unspecified atom stereocenters. The minimum absolute atomic E-state index is 0.207. The van der Waals surface area contributed by atoms with Crippen molar-refractivity contribution in [3.63, 3.8) is 0 Å². The lowest BCUT2D eigenvalue weighted by Crippen LogP contribution is -2.08. The van der Waals surface area contributed by atoms with E-state index < -0.39 is 5.97 Å². The molecule has 1 aromatic heterocycles. The van der Waals surface area contributed by atoms with Crippen LogP contribution in [0, 0.1) is 0 Å². The van der Waals surface area contributed by atoms with Crippen molar-refractivity contribution in [2.45, 2.75) is 6.54 Å². The lowest BCUT2D eigenvalue weighted by Gasteiger charge is -2.04. The maximum atomic E-state index is 10.8. The van der Waals surface area contributed by atoms with E-state index in [4.69, 9.17) is 5.11 Å². The van der Waals surface area contributed by atoms with Crippen LogP contribution in [0.15, 0.2) is 42.9 Å². The van der Waals surface area contributed by atoms with Crippen molar-refractivity contribution in [2.24, 2.45) is 0 Å². The lowest BCUT2D eigenvalue weighted by atomic mass is 10.2. The molecule has 4 nitrogen and oxygen atoms in total. The van der Waals surface area contributed by atoms with Gasteiger partial charge in [0, 0.05) is 6.54 Å². The van der Waals surface area contributed by atoms with E-state index in [0.717, 1.165) is 5.56 Å². The molecule has 0 spiro atoms. The molecule has 1 aromatic carbocycles. The summed E-state index contributed by atoms with van der Waals surface area (Å²) in [6.45, 7) is 0.530. The van der Waals surface area contributed by atoms with Crippen LogP contribution in [0.1, 0.15) is 16.1 Å². The quantitative estimate of drug-likeness (QED) is 0.826. The SMILES string of the molecule is O=C(O)c1cn[14cH]n1Cc1ccccc1. The number of nitrogens with zero attached hydrogens (tertiary/aromatic N) is 2. The highest BCUT2D eigenvalue weighted by atomic mass is 16.4. The Labute approximate surface area is 86.8 Å². The molecule has 0 aliphatic heterocycles. The first-order valence-corrected chi connectivity index (χ1v) is 4.55. The van der Waals surface area contributed by atoms with Crippen molar-refractivity contribution < 1.29 is 9.90 Å². The van der Waals surface area contributed by atoms with Crippen LogP contribution in [0.4, 0.5) is 0 Å². The van der Waals surface area contributed by atoms with E-state index in [9.17, 15) is 4.79 Å². The molecule has 0 saturated heterocycles. The molecule has 76 valence electrons. The highest BCUT2D eigenvalue weighted by Gasteiger charge is 2.09. The third-order valence-corrected chi connectivity index (χ3v) is 2.13. The van der Waals surface area contributed by atoms with Gasteiger partial charge in [0.05, 0.1) is 12.5 Å². The largest absolute Gasteiger partial charge is 0.477 e. The minimum atomic E-state index is -0.955. The fraction of sp³-hybridized carbons (Fsp3) is 0.0909. The number of aromatic carboxylic acids is 1. The van der Waals surface area contributed by atoms with Crippen molar-refractivity contribution in [1.82, 2.24) is 9.55 Å². The summed E-state index contributed by atoms with van der Waals surface area (Å²) in [5, 5.41) is 8.87. The van der Waals surface area contributed by atoms with Crippen molar-refractivity contribution in [1.29, 1.82) is 0 Å². The highest BCUT2D eigenvalue weighted by Crippen LogP contribution is 2.05. The second-order valence-corrected chi connectivity index (χ2v) is 3.20. The first-order valence-electron chi connectivity index (χ1n) is 4.55. The van der Waals surface area contributed by atoms with E-state index in [1.165, 1.54) is 12.5 Å². The zero-order chi connectivity index (χ0) is 10.7. The van der Waals surface area contributed by atoms with Crippen LogP contribution in [0.25, 0.3) is 0 Å². The van der Waals surface area contributed by atoms with E-state index in [2.05, 4.69) is 4.98 Å². The molecule has 1 N–H and O–H groups in total. The van der Waals surface area contributed by atoms with Crippen LogP contribution < -0.4 is 0 Å². The number of carboxylic acid groups (broad SMARTS) is 1. The Morgan fingerprint density at radius 3 is 2.80 bits per heavy atom. The van der Waals surface area contributed by atoms with E-state index in [1.54, 1.807) is 4.57 Å². The van der Waals surface area contributed by atoms with Gasteiger partial charge in [0.15, 0.2) is 0 Å². The molecule has 0 aliphatic carbocycles. The Kier molecular flexibility index (Phi) is 2.49. The maximum absolute atomic E-state index is 10.8. The highest BCUT2D eigenvalue weighted by molar-refractivity contribution is 5.85. The summed E-state index contributed by atoms with van der Waals surface area (Å²) in [6.07, 6.45) is 2.88. The summed E-state index contributed by atoms with van der Waals surface area (Å²) in [5.41, 5.74) is 1.26. The smallest absolute Gasteiger partial charge is 0.354 e. The number of imidazole rings is 1. The third kappa shape index (κ3) is 2.04. The maximum Gasteiger partial charge on any atom is 0.354 e. The van der Waals surface area contributed by atoms with E-state index in [0.29, 0.717) is 6.54 Å². The predicted molar refractivity (Wildman–Crippen MR) is 54.7 cm³/mol. The Morgan fingerprint density at radius 2 is 2.13 bits per heavy atom. The molecule has 0 radical (unpaired) electrons. The molecule has 0 aliphatic rings. The molecule has 2 aromatic rings. The minimum Gasteiger partial charge on any atom is -0.477 e. The summed E-state index contributed by atoms with van der Waals surface area (Å²) in [6, 6.07) is 9.67. The van der Waals surface area contributed by atoms with Gasteiger partial charge in [0.1, 0.15) is 5.69 Å². The number of hydrogen-bond acceptors (Lipinski definition) is 2. The molecule has 4 heteroatoms. The van der Waals surface area contributed by atoms with E-state index >= 15 is 0 Å². The molecule has 0 amide bonds. The average molecular weight is 204 g/mol. The van der Waals surface area contributed by atoms with Crippen LogP contribution in [-0.2, 0) is 6.54 Å². The van der Waals surface area contributed by atoms with Gasteiger partial charge in [-0.05, 0) is 5.56 Å². The van der Waals surface area contributed by atoms with Crippen molar-refractivity contribution in [3.05, 3.63) is 54.1 Å². The summed E-state index contributed by atoms with van der Waals surface area (Å²) < 4.78 is 1.61. The first kappa shape index (κ1) is 9.45. The van der Waals surface area contributed by atoms with Crippen LogP contribution in [0.3, 0.4) is 0 Å². The topological polar surface area (TPSA) is 55.1 Å². The van der Waals surface area contributed by atoms with Crippen molar-refractivity contribution >= 4 is 5.97 Å². The van der Waals surface area contributed by atoms with Gasteiger partial charge in [-0.1, -0.05) is 30.3 Å². The normalized spacial score (nSPS) is 10.1. The second kappa shape index (κ2) is 3.96. The van der Waals surface area contributed by atoms with Gasteiger partial charge in [-0.2, -0.15) is 0 Å². The number of rotatable bonds is 3. The van der Waals surface area contributed by atoms with Gasteiger partial charge in [-0.25, -0.2) is 9.78 Å². The van der Waals surface area contributed by atoms with Gasteiger partial charge in [-0.3, -0.25) is 0 Å². The summed E-state index contributed by atoms with van der Waals surface area (Å²) in [4.78, 5) is 14.6. The molecule has 0 fully saturated rings. The molecule has 0 bridgehead atoms. The average Bonchev–Trinajstić information content (AvgIpc) is 2.67. The van der Waals surface area contributed by atoms with Crippen LogP contribution >= 0.6 is 0 Å². The van der Waals surface area contributed by atoms with E-state index in [1.807, 2.05) is 30.3 Å². The predicted octanol–water partition coefficient (Wildman–Crippen LogP) is 1.63. The molecule has 0 atom stereocenters. The number of carbonyl (C=O) groups is 1. The first-order chi connectivity index (χ1) is 7.27. The molecule has 1 heterocycles. The second-order valence-electron chi connectivity index (χ2n) is 3.20. The third-order valence-electron chi connectivity index (χ3n) is 2.13. The monoisotopic (exact) mass is 204 g/mol. The summed E-state index contributed by atoms with van der Waals surface area (Å²) >= 11 is 0. The Bertz CT molecular complexity index is 462. The van der Waals surface area contributed by atoms with E-state index in [-0.39, 0.29) is 5.69 Å². The fourth-order valence-electron chi connectivity index (χ4n) is 1.40. The fourth-order valence-corrected chi connectivity index (χ4v) is 1.40. The van der Waals surface area contributed by atoms with Crippen molar-refractivity contribution in [3.8, 4) is 0 Å². The van der Waals surface area contributed by atoms with Crippen LogP contribution in [0.2, 0.25) is 0 Å². The number of hydrogen-bond donors (Lipinski definition) is 1. The number of aromatic nitrogens is 2. The molecule has 15 heavy (non-hydrogen) atoms. The zero-order valence-corrected chi connectivity index (χ0v) is 8.00. The van der Waals surface area contributed by atoms with Gasteiger partial charge in [-0.15, -0.1) is 0 Å². The molecule has 2 rings (SSSR count).